The highest BCUT2D eigenvalue weighted by molar-refractivity contribution is 7.14. The summed E-state index contributed by atoms with van der Waals surface area (Å²) in [5, 5.41) is 12.4. The zero-order chi connectivity index (χ0) is 15.6. The van der Waals surface area contributed by atoms with Crippen molar-refractivity contribution in [2.45, 2.75) is 58.4 Å². The maximum atomic E-state index is 12.4. The Morgan fingerprint density at radius 2 is 2.05 bits per heavy atom. The summed E-state index contributed by atoms with van der Waals surface area (Å²) in [6, 6.07) is 1.86. The summed E-state index contributed by atoms with van der Waals surface area (Å²) in [6.07, 6.45) is 3.61. The van der Waals surface area contributed by atoms with E-state index in [-0.39, 0.29) is 5.91 Å². The van der Waals surface area contributed by atoms with E-state index in [1.54, 1.807) is 0 Å². The summed E-state index contributed by atoms with van der Waals surface area (Å²) in [5.41, 5.74) is 0.0164. The lowest BCUT2D eigenvalue weighted by Gasteiger charge is -2.36. The second-order valence-electron chi connectivity index (χ2n) is 6.09. The number of amides is 1. The van der Waals surface area contributed by atoms with Gasteiger partial charge >= 0.3 is 5.97 Å². The van der Waals surface area contributed by atoms with Crippen LogP contribution in [0.4, 0.5) is 0 Å². The van der Waals surface area contributed by atoms with Crippen LogP contribution in [-0.4, -0.2) is 22.5 Å². The normalized spacial score (nSPS) is 25.6. The number of thiophene rings is 1. The third kappa shape index (κ3) is 3.28. The first kappa shape index (κ1) is 16.0. The third-order valence-corrected chi connectivity index (χ3v) is 5.84. The number of carbonyl (C=O) groups excluding carboxylic acids is 1. The van der Waals surface area contributed by atoms with Crippen molar-refractivity contribution in [3.63, 3.8) is 0 Å². The van der Waals surface area contributed by atoms with Gasteiger partial charge in [0, 0.05) is 4.88 Å². The van der Waals surface area contributed by atoms with Crippen molar-refractivity contribution in [1.82, 2.24) is 5.32 Å². The van der Waals surface area contributed by atoms with Gasteiger partial charge in [0.25, 0.3) is 5.91 Å². The number of nitrogens with one attached hydrogen (secondary N) is 1. The van der Waals surface area contributed by atoms with E-state index >= 15 is 0 Å². The molecule has 0 atom stereocenters. The molecule has 21 heavy (non-hydrogen) atoms. The molecule has 1 aliphatic carbocycles. The van der Waals surface area contributed by atoms with Gasteiger partial charge in [0.05, 0.1) is 4.88 Å². The Kier molecular flexibility index (Phi) is 4.71. The van der Waals surface area contributed by atoms with E-state index in [0.717, 1.165) is 24.8 Å². The topological polar surface area (TPSA) is 66.4 Å². The van der Waals surface area contributed by atoms with Gasteiger partial charge in [-0.1, -0.05) is 13.8 Å². The molecule has 0 saturated heterocycles. The second-order valence-corrected chi connectivity index (χ2v) is 7.23. The minimum atomic E-state index is -1.09. The minimum Gasteiger partial charge on any atom is -0.480 e. The van der Waals surface area contributed by atoms with Gasteiger partial charge in [-0.2, -0.15) is 0 Å². The predicted molar refractivity (Wildman–Crippen MR) is 83.9 cm³/mol. The highest BCUT2D eigenvalue weighted by Crippen LogP contribution is 2.33. The van der Waals surface area contributed by atoms with Gasteiger partial charge in [0.2, 0.25) is 0 Å². The monoisotopic (exact) mass is 309 g/mol. The molecule has 1 saturated carbocycles. The standard InChI is InChI=1S/C16H23NO3S/c1-4-12-11(3)9-13(21-12)14(18)17-16(15(19)20)7-5-10(2)6-8-16/h9-10H,4-8H2,1-3H3,(H,17,18)(H,19,20). The Hall–Kier alpha value is -1.36. The fourth-order valence-electron chi connectivity index (χ4n) is 2.91. The van der Waals surface area contributed by atoms with Gasteiger partial charge < -0.3 is 10.4 Å². The average molecular weight is 309 g/mol. The molecule has 1 amide bonds. The van der Waals surface area contributed by atoms with Gasteiger partial charge in [0.15, 0.2) is 0 Å². The summed E-state index contributed by atoms with van der Waals surface area (Å²) in [7, 11) is 0. The second kappa shape index (κ2) is 6.18. The minimum absolute atomic E-state index is 0.250. The van der Waals surface area contributed by atoms with Crippen molar-refractivity contribution < 1.29 is 14.7 Å². The lowest BCUT2D eigenvalue weighted by Crippen LogP contribution is -2.56. The fraction of sp³-hybridized carbons (Fsp3) is 0.625. The summed E-state index contributed by atoms with van der Waals surface area (Å²) >= 11 is 1.46. The van der Waals surface area contributed by atoms with Crippen LogP contribution in [0.2, 0.25) is 0 Å². The highest BCUT2D eigenvalue weighted by atomic mass is 32.1. The number of aliphatic carboxylic acids is 1. The van der Waals surface area contributed by atoms with Gasteiger partial charge in [-0.25, -0.2) is 4.79 Å². The van der Waals surface area contributed by atoms with Crippen LogP contribution >= 0.6 is 11.3 Å². The number of carboxylic acid groups (broad SMARTS) is 1. The lowest BCUT2D eigenvalue weighted by molar-refractivity contribution is -0.146. The largest absolute Gasteiger partial charge is 0.480 e. The van der Waals surface area contributed by atoms with E-state index in [0.29, 0.717) is 23.6 Å². The third-order valence-electron chi connectivity index (χ3n) is 4.46. The first-order valence-corrected chi connectivity index (χ1v) is 8.35. The first-order chi connectivity index (χ1) is 9.88. The summed E-state index contributed by atoms with van der Waals surface area (Å²) < 4.78 is 0. The van der Waals surface area contributed by atoms with E-state index in [2.05, 4.69) is 19.2 Å². The molecule has 1 aromatic rings. The smallest absolute Gasteiger partial charge is 0.329 e. The molecule has 1 fully saturated rings. The van der Waals surface area contributed by atoms with Crippen LogP contribution in [0, 0.1) is 12.8 Å². The molecule has 0 aromatic carbocycles. The van der Waals surface area contributed by atoms with Crippen molar-refractivity contribution in [1.29, 1.82) is 0 Å². The van der Waals surface area contributed by atoms with Crippen molar-refractivity contribution in [3.05, 3.63) is 21.4 Å². The van der Waals surface area contributed by atoms with Gasteiger partial charge in [-0.3, -0.25) is 4.79 Å². The van der Waals surface area contributed by atoms with E-state index in [1.807, 2.05) is 13.0 Å². The first-order valence-electron chi connectivity index (χ1n) is 7.53. The average Bonchev–Trinajstić information content (AvgIpc) is 2.82. The van der Waals surface area contributed by atoms with Crippen LogP contribution < -0.4 is 5.32 Å². The van der Waals surface area contributed by atoms with Crippen molar-refractivity contribution in [2.24, 2.45) is 5.92 Å². The summed E-state index contributed by atoms with van der Waals surface area (Å²) in [5.74, 6) is -0.628. The lowest BCUT2D eigenvalue weighted by atomic mass is 9.77. The zero-order valence-electron chi connectivity index (χ0n) is 12.9. The molecule has 116 valence electrons. The molecular formula is C16H23NO3S. The van der Waals surface area contributed by atoms with Crippen LogP contribution in [0.1, 0.15) is 59.6 Å². The highest BCUT2D eigenvalue weighted by Gasteiger charge is 2.42. The van der Waals surface area contributed by atoms with E-state index in [9.17, 15) is 14.7 Å². The van der Waals surface area contributed by atoms with Gasteiger partial charge in [0.1, 0.15) is 5.54 Å². The molecule has 2 rings (SSSR count). The Balaban J connectivity index is 2.17. The van der Waals surface area contributed by atoms with E-state index in [1.165, 1.54) is 16.2 Å². The molecule has 1 aromatic heterocycles. The van der Waals surface area contributed by atoms with Crippen LogP contribution in [0.25, 0.3) is 0 Å². The Morgan fingerprint density at radius 1 is 1.43 bits per heavy atom. The number of hydrogen-bond donors (Lipinski definition) is 2. The Labute approximate surface area is 129 Å². The quantitative estimate of drug-likeness (QED) is 0.896. The van der Waals surface area contributed by atoms with Crippen molar-refractivity contribution >= 4 is 23.2 Å². The number of hydrogen-bond acceptors (Lipinski definition) is 3. The number of aryl methyl sites for hydroxylation is 2. The number of carboxylic acids is 1. The van der Waals surface area contributed by atoms with Gasteiger partial charge in [-0.05, 0) is 56.6 Å². The van der Waals surface area contributed by atoms with Crippen molar-refractivity contribution in [2.75, 3.05) is 0 Å². The number of rotatable bonds is 4. The summed E-state index contributed by atoms with van der Waals surface area (Å²) in [4.78, 5) is 25.9. The molecular weight excluding hydrogens is 286 g/mol. The van der Waals surface area contributed by atoms with E-state index < -0.39 is 11.5 Å². The predicted octanol–water partition coefficient (Wildman–Crippen LogP) is 3.38. The van der Waals surface area contributed by atoms with Crippen LogP contribution in [0.5, 0.6) is 0 Å². The molecule has 0 unspecified atom stereocenters. The van der Waals surface area contributed by atoms with E-state index in [4.69, 9.17) is 0 Å². The van der Waals surface area contributed by atoms with Crippen LogP contribution in [-0.2, 0) is 11.2 Å². The zero-order valence-corrected chi connectivity index (χ0v) is 13.7. The molecule has 1 aliphatic rings. The molecule has 0 spiro atoms. The van der Waals surface area contributed by atoms with Gasteiger partial charge in [-0.15, -0.1) is 11.3 Å². The molecule has 0 radical (unpaired) electrons. The molecule has 1 heterocycles. The fourth-order valence-corrected chi connectivity index (χ4v) is 3.92. The Bertz CT molecular complexity index is 542. The SMILES string of the molecule is CCc1sc(C(=O)NC2(C(=O)O)CCC(C)CC2)cc1C. The molecule has 0 bridgehead atoms. The molecule has 0 aliphatic heterocycles. The number of carbonyl (C=O) groups is 2. The molecule has 4 nitrogen and oxygen atoms in total. The molecule has 5 heteroatoms. The van der Waals surface area contributed by atoms with Crippen molar-refractivity contribution in [3.8, 4) is 0 Å². The van der Waals surface area contributed by atoms with Crippen LogP contribution in [0.15, 0.2) is 6.07 Å². The van der Waals surface area contributed by atoms with Crippen LogP contribution in [0.3, 0.4) is 0 Å². The Morgan fingerprint density at radius 3 is 2.52 bits per heavy atom. The maximum Gasteiger partial charge on any atom is 0.329 e. The molecule has 2 N–H and O–H groups in total. The summed E-state index contributed by atoms with van der Waals surface area (Å²) in [6.45, 7) is 6.17. The maximum absolute atomic E-state index is 12.4.